The number of carbonyl (C=O) groups excluding carboxylic acids is 2. The van der Waals surface area contributed by atoms with E-state index in [4.69, 9.17) is 4.74 Å². The summed E-state index contributed by atoms with van der Waals surface area (Å²) in [7, 11) is -3.68. The van der Waals surface area contributed by atoms with Crippen LogP contribution in [0.2, 0.25) is 0 Å². The van der Waals surface area contributed by atoms with E-state index in [1.54, 1.807) is 11.4 Å². The molecule has 0 unspecified atom stereocenters. The third-order valence-electron chi connectivity index (χ3n) is 4.56. The number of aromatic nitrogens is 1. The van der Waals surface area contributed by atoms with Crippen LogP contribution in [-0.2, 0) is 19.6 Å². The number of carbonyl (C=O) groups is 2. The Morgan fingerprint density at radius 1 is 1.00 bits per heavy atom. The Morgan fingerprint density at radius 2 is 1.74 bits per heavy atom. The second kappa shape index (κ2) is 10.2. The van der Waals surface area contributed by atoms with Crippen molar-refractivity contribution < 1.29 is 22.7 Å². The van der Waals surface area contributed by atoms with Crippen LogP contribution in [0.15, 0.2) is 75.6 Å². The highest BCUT2D eigenvalue weighted by Crippen LogP contribution is 2.25. The molecule has 0 radical (unpaired) electrons. The van der Waals surface area contributed by atoms with Gasteiger partial charge in [0.25, 0.3) is 15.9 Å². The Kier molecular flexibility index (Phi) is 7.06. The Hall–Kier alpha value is -3.54. The predicted molar refractivity (Wildman–Crippen MR) is 133 cm³/mol. The summed E-state index contributed by atoms with van der Waals surface area (Å²) < 4.78 is 32.2. The predicted octanol–water partition coefficient (Wildman–Crippen LogP) is 4.78. The SMILES string of the molecule is Cc1ccc(-c2csc(NC(=O)COC(=O)c3ccc(NS(=O)(=O)c4cccs4)cc3)n2)cc1. The van der Waals surface area contributed by atoms with Crippen LogP contribution < -0.4 is 10.0 Å². The second-order valence-corrected chi connectivity index (χ2v) is 10.9. The highest BCUT2D eigenvalue weighted by molar-refractivity contribution is 7.94. The molecule has 0 saturated heterocycles. The number of esters is 1. The summed E-state index contributed by atoms with van der Waals surface area (Å²) in [6.07, 6.45) is 0. The summed E-state index contributed by atoms with van der Waals surface area (Å²) in [6.45, 7) is 1.52. The van der Waals surface area contributed by atoms with Crippen LogP contribution in [0.25, 0.3) is 11.3 Å². The monoisotopic (exact) mass is 513 g/mol. The summed E-state index contributed by atoms with van der Waals surface area (Å²) >= 11 is 2.37. The van der Waals surface area contributed by atoms with E-state index in [1.165, 1.54) is 41.7 Å². The van der Waals surface area contributed by atoms with Crippen molar-refractivity contribution in [3.63, 3.8) is 0 Å². The number of sulfonamides is 1. The standard InChI is InChI=1S/C23H19N3O5S3/c1-15-4-6-16(7-5-15)19-14-33-23(24-19)25-20(27)13-31-22(28)17-8-10-18(11-9-17)26-34(29,30)21-3-2-12-32-21/h2-12,14,26H,13H2,1H3,(H,24,25,27). The average molecular weight is 514 g/mol. The van der Waals surface area contributed by atoms with Gasteiger partial charge in [-0.3, -0.25) is 14.8 Å². The van der Waals surface area contributed by atoms with Gasteiger partial charge in [-0.25, -0.2) is 18.2 Å². The average Bonchev–Trinajstić information content (AvgIpc) is 3.51. The van der Waals surface area contributed by atoms with Gasteiger partial charge in [0, 0.05) is 16.6 Å². The number of ether oxygens (including phenoxy) is 1. The highest BCUT2D eigenvalue weighted by Gasteiger charge is 2.16. The summed E-state index contributed by atoms with van der Waals surface area (Å²) in [6, 6.07) is 16.8. The fraction of sp³-hybridized carbons (Fsp3) is 0.0870. The molecule has 2 N–H and O–H groups in total. The minimum Gasteiger partial charge on any atom is -0.452 e. The van der Waals surface area contributed by atoms with Gasteiger partial charge < -0.3 is 4.74 Å². The van der Waals surface area contributed by atoms with Crippen molar-refractivity contribution in [2.24, 2.45) is 0 Å². The molecule has 174 valence electrons. The van der Waals surface area contributed by atoms with Crippen LogP contribution in [0.1, 0.15) is 15.9 Å². The first-order chi connectivity index (χ1) is 16.3. The van der Waals surface area contributed by atoms with Crippen molar-refractivity contribution in [3.05, 3.63) is 82.6 Å². The lowest BCUT2D eigenvalue weighted by Crippen LogP contribution is -2.20. The first-order valence-corrected chi connectivity index (χ1v) is 13.2. The molecule has 8 nitrogen and oxygen atoms in total. The van der Waals surface area contributed by atoms with Crippen LogP contribution in [0.5, 0.6) is 0 Å². The summed E-state index contributed by atoms with van der Waals surface area (Å²) in [4.78, 5) is 28.8. The van der Waals surface area contributed by atoms with Crippen molar-refractivity contribution in [2.45, 2.75) is 11.1 Å². The number of hydrogen-bond donors (Lipinski definition) is 2. The van der Waals surface area contributed by atoms with Crippen LogP contribution in [0, 0.1) is 6.92 Å². The number of nitrogens with zero attached hydrogens (tertiary/aromatic N) is 1. The van der Waals surface area contributed by atoms with E-state index in [9.17, 15) is 18.0 Å². The zero-order valence-corrected chi connectivity index (χ0v) is 20.3. The smallest absolute Gasteiger partial charge is 0.338 e. The van der Waals surface area contributed by atoms with E-state index in [0.717, 1.165) is 28.2 Å². The molecule has 0 saturated carbocycles. The van der Waals surface area contributed by atoms with Crippen molar-refractivity contribution >= 4 is 55.4 Å². The van der Waals surface area contributed by atoms with Crippen LogP contribution >= 0.6 is 22.7 Å². The number of benzene rings is 2. The maximum Gasteiger partial charge on any atom is 0.338 e. The molecule has 11 heteroatoms. The van der Waals surface area contributed by atoms with E-state index in [2.05, 4.69) is 15.0 Å². The molecule has 2 aromatic carbocycles. The van der Waals surface area contributed by atoms with Gasteiger partial charge in [0.2, 0.25) is 0 Å². The van der Waals surface area contributed by atoms with Gasteiger partial charge in [-0.2, -0.15) is 0 Å². The van der Waals surface area contributed by atoms with Crippen molar-refractivity contribution in [1.29, 1.82) is 0 Å². The molecule has 4 aromatic rings. The third-order valence-corrected chi connectivity index (χ3v) is 8.10. The van der Waals surface area contributed by atoms with E-state index in [0.29, 0.717) is 10.8 Å². The lowest BCUT2D eigenvalue weighted by Gasteiger charge is -2.08. The maximum absolute atomic E-state index is 12.3. The number of anilines is 2. The lowest BCUT2D eigenvalue weighted by atomic mass is 10.1. The fourth-order valence-corrected chi connectivity index (χ4v) is 5.64. The molecular formula is C23H19N3O5S3. The molecule has 1 amide bonds. The molecule has 0 atom stereocenters. The first kappa shape index (κ1) is 23.6. The van der Waals surface area contributed by atoms with E-state index in [1.807, 2.05) is 36.6 Å². The Bertz CT molecular complexity index is 1400. The molecule has 0 bridgehead atoms. The number of thiophene rings is 1. The van der Waals surface area contributed by atoms with Crippen molar-refractivity contribution in [2.75, 3.05) is 16.6 Å². The molecule has 0 aliphatic heterocycles. The third kappa shape index (κ3) is 5.87. The van der Waals surface area contributed by atoms with Crippen molar-refractivity contribution in [3.8, 4) is 11.3 Å². The first-order valence-electron chi connectivity index (χ1n) is 9.96. The van der Waals surface area contributed by atoms with Gasteiger partial charge in [0.05, 0.1) is 11.3 Å². The maximum atomic E-state index is 12.3. The number of rotatable bonds is 8. The van der Waals surface area contributed by atoms with Crippen LogP contribution in [0.4, 0.5) is 10.8 Å². The molecule has 2 heterocycles. The molecular weight excluding hydrogens is 494 g/mol. The Balaban J connectivity index is 1.29. The van der Waals surface area contributed by atoms with Gasteiger partial charge in [-0.1, -0.05) is 35.9 Å². The molecule has 0 aliphatic carbocycles. The van der Waals surface area contributed by atoms with Gasteiger partial charge in [-0.05, 0) is 42.6 Å². The lowest BCUT2D eigenvalue weighted by molar-refractivity contribution is -0.119. The topological polar surface area (TPSA) is 114 Å². The quantitative estimate of drug-likeness (QED) is 0.328. The zero-order chi connectivity index (χ0) is 24.1. The number of amides is 1. The number of aryl methyl sites for hydroxylation is 1. The van der Waals surface area contributed by atoms with Crippen LogP contribution in [0.3, 0.4) is 0 Å². The number of hydrogen-bond acceptors (Lipinski definition) is 8. The van der Waals surface area contributed by atoms with Gasteiger partial charge in [0.1, 0.15) is 4.21 Å². The Morgan fingerprint density at radius 3 is 2.41 bits per heavy atom. The molecule has 0 spiro atoms. The van der Waals surface area contributed by atoms with E-state index in [-0.39, 0.29) is 9.77 Å². The molecule has 0 aliphatic rings. The van der Waals surface area contributed by atoms with Crippen LogP contribution in [-0.4, -0.2) is 31.9 Å². The second-order valence-electron chi connectivity index (χ2n) is 7.14. The zero-order valence-electron chi connectivity index (χ0n) is 17.8. The normalized spacial score (nSPS) is 11.1. The number of thiazole rings is 1. The summed E-state index contributed by atoms with van der Waals surface area (Å²) in [5.41, 5.74) is 3.31. The fourth-order valence-electron chi connectivity index (χ4n) is 2.85. The highest BCUT2D eigenvalue weighted by atomic mass is 32.2. The summed E-state index contributed by atoms with van der Waals surface area (Å²) in [5.74, 6) is -1.22. The summed E-state index contributed by atoms with van der Waals surface area (Å²) in [5, 5.41) is 6.52. The van der Waals surface area contributed by atoms with E-state index < -0.39 is 28.5 Å². The minimum atomic E-state index is -3.68. The largest absolute Gasteiger partial charge is 0.452 e. The molecule has 0 fully saturated rings. The molecule has 4 rings (SSSR count). The molecule has 2 aromatic heterocycles. The van der Waals surface area contributed by atoms with Gasteiger partial charge in [0.15, 0.2) is 11.7 Å². The van der Waals surface area contributed by atoms with Gasteiger partial charge >= 0.3 is 5.97 Å². The molecule has 34 heavy (non-hydrogen) atoms. The van der Waals surface area contributed by atoms with Crippen molar-refractivity contribution in [1.82, 2.24) is 4.98 Å². The Labute approximate surface area is 204 Å². The minimum absolute atomic E-state index is 0.183. The number of nitrogens with one attached hydrogen (secondary N) is 2. The van der Waals surface area contributed by atoms with E-state index >= 15 is 0 Å². The van der Waals surface area contributed by atoms with Gasteiger partial charge in [-0.15, -0.1) is 22.7 Å².